The molecule has 0 aromatic heterocycles. The molecule has 0 fully saturated rings. The Morgan fingerprint density at radius 3 is 2.37 bits per heavy atom. The van der Waals surface area contributed by atoms with Crippen molar-refractivity contribution >= 4 is 18.4 Å². The first-order valence-corrected chi connectivity index (χ1v) is 6.50. The van der Waals surface area contributed by atoms with Gasteiger partial charge in [0.15, 0.2) is 0 Å². The first-order valence-electron chi connectivity index (χ1n) is 6.50. The van der Waals surface area contributed by atoms with Gasteiger partial charge in [0.1, 0.15) is 18.0 Å². The summed E-state index contributed by atoms with van der Waals surface area (Å²) in [5, 5.41) is 8.54. The van der Waals surface area contributed by atoms with E-state index in [-0.39, 0.29) is 6.42 Å². The highest BCUT2D eigenvalue weighted by molar-refractivity contribution is 6.18. The molecular weight excluding hydrogens is 240 g/mol. The van der Waals surface area contributed by atoms with Gasteiger partial charge in [-0.25, -0.2) is 0 Å². The number of hydrogen-bond donors (Lipinski definition) is 1. The topological polar surface area (TPSA) is 62.0 Å². The minimum absolute atomic E-state index is 0.271. The maximum Gasteiger partial charge on any atom is 0.303 e. The number of nitrogens with zero attached hydrogens (tertiary/aromatic N) is 2. The van der Waals surface area contributed by atoms with E-state index in [1.807, 2.05) is 12.1 Å². The van der Waals surface area contributed by atoms with Crippen LogP contribution in [0, 0.1) is 6.17 Å². The van der Waals surface area contributed by atoms with Crippen LogP contribution in [0.2, 0.25) is 0 Å². The zero-order chi connectivity index (χ0) is 13.5. The number of carbonyl (C=O) groups is 1. The van der Waals surface area contributed by atoms with Crippen molar-refractivity contribution in [3.8, 4) is 0 Å². The number of carboxylic acid groups (broad SMARTS) is 1. The van der Waals surface area contributed by atoms with Crippen molar-refractivity contribution < 1.29 is 9.90 Å². The first-order chi connectivity index (χ1) is 9.25. The van der Waals surface area contributed by atoms with Crippen molar-refractivity contribution in [2.45, 2.75) is 32.1 Å². The molecule has 0 aliphatic carbocycles. The molecule has 1 aliphatic rings. The molecule has 98 valence electrons. The van der Waals surface area contributed by atoms with Crippen molar-refractivity contribution in [3.05, 3.63) is 41.6 Å². The Balaban J connectivity index is 1.74. The zero-order valence-electron chi connectivity index (χ0n) is 10.7. The van der Waals surface area contributed by atoms with Gasteiger partial charge < -0.3 is 5.11 Å². The third-order valence-corrected chi connectivity index (χ3v) is 3.03. The number of aliphatic imine (C=N–C) groups is 2. The van der Waals surface area contributed by atoms with Gasteiger partial charge >= 0.3 is 5.97 Å². The molecule has 0 amide bonds. The van der Waals surface area contributed by atoms with E-state index in [2.05, 4.69) is 22.1 Å². The van der Waals surface area contributed by atoms with Gasteiger partial charge in [0.2, 0.25) is 6.17 Å². The molecule has 0 saturated carbocycles. The van der Waals surface area contributed by atoms with E-state index in [1.165, 1.54) is 5.56 Å². The lowest BCUT2D eigenvalue weighted by molar-refractivity contribution is -0.137. The normalized spacial score (nSPS) is 13.2. The molecule has 1 heterocycles. The van der Waals surface area contributed by atoms with Crippen LogP contribution >= 0.6 is 0 Å². The Morgan fingerprint density at radius 1 is 1.05 bits per heavy atom. The van der Waals surface area contributed by atoms with Crippen LogP contribution < -0.4 is 0 Å². The van der Waals surface area contributed by atoms with Gasteiger partial charge in [0.25, 0.3) is 0 Å². The van der Waals surface area contributed by atoms with E-state index in [0.717, 1.165) is 37.4 Å². The Bertz CT molecular complexity index is 465. The summed E-state index contributed by atoms with van der Waals surface area (Å²) in [6.07, 6.45) is 8.13. The molecule has 0 spiro atoms. The summed E-state index contributed by atoms with van der Waals surface area (Å²) in [4.78, 5) is 18.7. The predicted molar refractivity (Wildman–Crippen MR) is 75.6 cm³/mol. The number of hydrogen-bond acceptors (Lipinski definition) is 3. The third kappa shape index (κ3) is 4.25. The molecule has 0 saturated heterocycles. The van der Waals surface area contributed by atoms with Gasteiger partial charge in [-0.3, -0.25) is 4.79 Å². The fourth-order valence-corrected chi connectivity index (χ4v) is 1.99. The molecule has 2 rings (SSSR count). The Morgan fingerprint density at radius 2 is 1.74 bits per heavy atom. The highest BCUT2D eigenvalue weighted by Gasteiger charge is 2.17. The molecule has 0 unspecified atom stereocenters. The van der Waals surface area contributed by atoms with E-state index in [1.54, 1.807) is 12.4 Å². The monoisotopic (exact) mass is 257 g/mol. The summed E-state index contributed by atoms with van der Waals surface area (Å²) in [5.74, 6) is -0.709. The van der Waals surface area contributed by atoms with Crippen molar-refractivity contribution in [2.75, 3.05) is 0 Å². The smallest absolute Gasteiger partial charge is 0.303 e. The van der Waals surface area contributed by atoms with Crippen molar-refractivity contribution in [2.24, 2.45) is 9.98 Å². The Labute approximate surface area is 112 Å². The summed E-state index contributed by atoms with van der Waals surface area (Å²) in [6.45, 7) is 0. The standard InChI is InChI=1S/C15H16N2O2/c18-14(19)5-3-1-2-4-12-6-8-13(9-7-12)15-16-10-11-17-15/h6-11H,1-5H2/p+1. The van der Waals surface area contributed by atoms with Crippen LogP contribution in [0.25, 0.3) is 0 Å². The van der Waals surface area contributed by atoms with E-state index in [9.17, 15) is 4.79 Å². The second kappa shape index (κ2) is 6.73. The summed E-state index contributed by atoms with van der Waals surface area (Å²) in [5.41, 5.74) is 2.30. The Kier molecular flexibility index (Phi) is 4.72. The Hall–Kier alpha value is -2.10. The number of aryl methyl sites for hydroxylation is 1. The minimum Gasteiger partial charge on any atom is -0.481 e. The lowest BCUT2D eigenvalue weighted by Gasteiger charge is -2.01. The van der Waals surface area contributed by atoms with Crippen molar-refractivity contribution in [3.63, 3.8) is 0 Å². The van der Waals surface area contributed by atoms with Crippen molar-refractivity contribution in [1.82, 2.24) is 0 Å². The largest absolute Gasteiger partial charge is 0.481 e. The second-order valence-electron chi connectivity index (χ2n) is 4.53. The molecule has 0 radical (unpaired) electrons. The lowest BCUT2D eigenvalue weighted by atomic mass is 10.0. The molecule has 4 nitrogen and oxygen atoms in total. The number of rotatable bonds is 7. The molecule has 19 heavy (non-hydrogen) atoms. The predicted octanol–water partition coefficient (Wildman–Crippen LogP) is 2.87. The van der Waals surface area contributed by atoms with Gasteiger partial charge in [0, 0.05) is 18.6 Å². The van der Waals surface area contributed by atoms with Crippen LogP contribution in [0.5, 0.6) is 0 Å². The average Bonchev–Trinajstić information content (AvgIpc) is 2.93. The summed E-state index contributed by atoms with van der Waals surface area (Å²) < 4.78 is 0. The number of benzene rings is 1. The average molecular weight is 257 g/mol. The van der Waals surface area contributed by atoms with Crippen LogP contribution in [0.15, 0.2) is 34.3 Å². The maximum atomic E-state index is 10.4. The van der Waals surface area contributed by atoms with Crippen LogP contribution in [0.3, 0.4) is 0 Å². The van der Waals surface area contributed by atoms with Gasteiger partial charge in [0.05, 0.1) is 0 Å². The highest BCUT2D eigenvalue weighted by Crippen LogP contribution is 2.20. The number of aliphatic carboxylic acids is 1. The van der Waals surface area contributed by atoms with E-state index in [0.29, 0.717) is 0 Å². The molecule has 1 aromatic carbocycles. The van der Waals surface area contributed by atoms with Crippen LogP contribution in [0.4, 0.5) is 0 Å². The van der Waals surface area contributed by atoms with Crippen LogP contribution in [0.1, 0.15) is 36.8 Å². The van der Waals surface area contributed by atoms with Crippen molar-refractivity contribution in [1.29, 1.82) is 0 Å². The van der Waals surface area contributed by atoms with Gasteiger partial charge in [-0.1, -0.05) is 6.42 Å². The SMILES string of the molecule is O=C(O)CCCCCc1ccc([C+]2N=CC=N2)cc1. The van der Waals surface area contributed by atoms with E-state index < -0.39 is 5.97 Å². The third-order valence-electron chi connectivity index (χ3n) is 3.03. The van der Waals surface area contributed by atoms with Crippen LogP contribution in [-0.2, 0) is 11.2 Å². The summed E-state index contributed by atoms with van der Waals surface area (Å²) in [6, 6.07) is 8.23. The molecule has 0 atom stereocenters. The maximum absolute atomic E-state index is 10.4. The second-order valence-corrected chi connectivity index (χ2v) is 4.53. The fourth-order valence-electron chi connectivity index (χ4n) is 1.99. The first kappa shape index (κ1) is 13.3. The zero-order valence-corrected chi connectivity index (χ0v) is 10.7. The van der Waals surface area contributed by atoms with Crippen LogP contribution in [-0.4, -0.2) is 23.5 Å². The molecule has 4 heteroatoms. The van der Waals surface area contributed by atoms with E-state index >= 15 is 0 Å². The summed E-state index contributed by atoms with van der Waals surface area (Å²) >= 11 is 0. The molecule has 0 bridgehead atoms. The van der Waals surface area contributed by atoms with Gasteiger partial charge in [-0.05, 0) is 37.0 Å². The summed E-state index contributed by atoms with van der Waals surface area (Å²) in [7, 11) is 0. The number of carboxylic acids is 1. The molecule has 1 N–H and O–H groups in total. The highest BCUT2D eigenvalue weighted by atomic mass is 16.4. The van der Waals surface area contributed by atoms with Gasteiger partial charge in [-0.15, -0.1) is 9.98 Å². The van der Waals surface area contributed by atoms with E-state index in [4.69, 9.17) is 5.11 Å². The lowest BCUT2D eigenvalue weighted by Crippen LogP contribution is -1.95. The quantitative estimate of drug-likeness (QED) is 0.603. The molecular formula is C15H17N2O2+. The molecule has 1 aromatic rings. The number of unbranched alkanes of at least 4 members (excludes halogenated alkanes) is 2. The fraction of sp³-hybridized carbons (Fsp3) is 0.333. The van der Waals surface area contributed by atoms with Gasteiger partial charge in [-0.2, -0.15) is 0 Å². The minimum atomic E-state index is -0.709. The molecule has 1 aliphatic heterocycles.